The van der Waals surface area contributed by atoms with Gasteiger partial charge in [0.25, 0.3) is 0 Å². The van der Waals surface area contributed by atoms with Crippen LogP contribution in [0.5, 0.6) is 5.75 Å². The smallest absolute Gasteiger partial charge is 0.192 e. The van der Waals surface area contributed by atoms with Crippen LogP contribution in [-0.4, -0.2) is 38.5 Å². The summed E-state index contributed by atoms with van der Waals surface area (Å²) < 4.78 is 17.5. The zero-order valence-electron chi connectivity index (χ0n) is 19.2. The lowest BCUT2D eigenvalue weighted by Gasteiger charge is -2.44. The van der Waals surface area contributed by atoms with Gasteiger partial charge in [-0.15, -0.1) is 0 Å². The monoisotopic (exact) mass is 432 g/mol. The Balaban J connectivity index is 2.61. The molecule has 0 saturated heterocycles. The fraction of sp³-hybridized carbons (Fsp3) is 0.500. The summed E-state index contributed by atoms with van der Waals surface area (Å²) in [6.45, 7) is 12.8. The quantitative estimate of drug-likeness (QED) is 0.440. The molecular formula is C24H36O5Si. The molecule has 30 heavy (non-hydrogen) atoms. The van der Waals surface area contributed by atoms with E-state index < -0.39 is 20.0 Å². The Labute approximate surface area is 181 Å². The van der Waals surface area contributed by atoms with Gasteiger partial charge in [0, 0.05) is 12.7 Å². The number of aliphatic hydroxyl groups excluding tert-OH is 1. The molecular weight excluding hydrogens is 396 g/mol. The second kappa shape index (κ2) is 9.62. The summed E-state index contributed by atoms with van der Waals surface area (Å²) in [5.41, 5.74) is 0.626. The summed E-state index contributed by atoms with van der Waals surface area (Å²) in [6.07, 6.45) is -0.536. The fourth-order valence-electron chi connectivity index (χ4n) is 3.21. The number of benzene rings is 2. The maximum atomic E-state index is 12.2. The molecule has 5 nitrogen and oxygen atoms in total. The van der Waals surface area contributed by atoms with Crippen LogP contribution in [0.15, 0.2) is 48.5 Å². The lowest BCUT2D eigenvalue weighted by molar-refractivity contribution is -0.0362. The van der Waals surface area contributed by atoms with Gasteiger partial charge >= 0.3 is 0 Å². The van der Waals surface area contributed by atoms with Crippen molar-refractivity contribution in [2.45, 2.75) is 64.1 Å². The molecule has 0 bridgehead atoms. The highest BCUT2D eigenvalue weighted by Crippen LogP contribution is 2.44. The van der Waals surface area contributed by atoms with Crippen molar-refractivity contribution in [3.63, 3.8) is 0 Å². The lowest BCUT2D eigenvalue weighted by Crippen LogP contribution is -2.50. The van der Waals surface area contributed by atoms with Crippen molar-refractivity contribution in [3.8, 4) is 5.75 Å². The standard InChI is InChI=1S/C24H36O5Si/c1-18(29-30(6,7)23(2,3)4)24(26,20-14-12-19(16-25)13-15-20)21-10-8-9-11-22(21)28-17-27-5/h8-15,18,25-26H,16-17H2,1-7H3/t18-,24?/m0/s1. The van der Waals surface area contributed by atoms with Gasteiger partial charge in [0.1, 0.15) is 11.4 Å². The van der Waals surface area contributed by atoms with Gasteiger partial charge in [0.2, 0.25) is 0 Å². The molecule has 1 unspecified atom stereocenters. The van der Waals surface area contributed by atoms with Crippen molar-refractivity contribution in [1.82, 2.24) is 0 Å². The molecule has 0 amide bonds. The highest BCUT2D eigenvalue weighted by Gasteiger charge is 2.46. The summed E-state index contributed by atoms with van der Waals surface area (Å²) >= 11 is 0. The van der Waals surface area contributed by atoms with Crippen LogP contribution in [0.1, 0.15) is 44.4 Å². The molecule has 2 rings (SSSR count). The summed E-state index contributed by atoms with van der Waals surface area (Å²) in [6, 6.07) is 14.7. The second-order valence-electron chi connectivity index (χ2n) is 9.19. The Hall–Kier alpha value is -1.70. The third kappa shape index (κ3) is 5.13. The third-order valence-electron chi connectivity index (χ3n) is 6.07. The van der Waals surface area contributed by atoms with Crippen molar-refractivity contribution in [1.29, 1.82) is 0 Å². The molecule has 0 aliphatic rings. The van der Waals surface area contributed by atoms with Gasteiger partial charge in [-0.1, -0.05) is 63.2 Å². The predicted molar refractivity (Wildman–Crippen MR) is 122 cm³/mol. The van der Waals surface area contributed by atoms with E-state index in [0.717, 1.165) is 5.56 Å². The number of hydrogen-bond acceptors (Lipinski definition) is 5. The van der Waals surface area contributed by atoms with Crippen LogP contribution in [-0.2, 0) is 21.4 Å². The van der Waals surface area contributed by atoms with E-state index in [1.807, 2.05) is 55.5 Å². The Kier molecular flexibility index (Phi) is 7.88. The summed E-state index contributed by atoms with van der Waals surface area (Å²) in [5.74, 6) is 0.541. The minimum Gasteiger partial charge on any atom is -0.467 e. The first-order valence-electron chi connectivity index (χ1n) is 10.3. The van der Waals surface area contributed by atoms with Crippen LogP contribution in [0.4, 0.5) is 0 Å². The lowest BCUT2D eigenvalue weighted by atomic mass is 9.81. The number of ether oxygens (including phenoxy) is 2. The van der Waals surface area contributed by atoms with Gasteiger partial charge < -0.3 is 24.1 Å². The van der Waals surface area contributed by atoms with Gasteiger partial charge in [-0.05, 0) is 42.2 Å². The van der Waals surface area contributed by atoms with Crippen LogP contribution in [0.3, 0.4) is 0 Å². The van der Waals surface area contributed by atoms with Crippen molar-refractivity contribution in [2.75, 3.05) is 13.9 Å². The molecule has 2 aromatic carbocycles. The molecule has 0 radical (unpaired) electrons. The van der Waals surface area contributed by atoms with Gasteiger partial charge in [-0.2, -0.15) is 0 Å². The molecule has 0 saturated carbocycles. The molecule has 0 aliphatic heterocycles. The minimum absolute atomic E-state index is 0.00498. The number of aliphatic hydroxyl groups is 2. The molecule has 0 spiro atoms. The molecule has 0 heterocycles. The van der Waals surface area contributed by atoms with E-state index in [1.54, 1.807) is 7.11 Å². The summed E-state index contributed by atoms with van der Waals surface area (Å²) in [4.78, 5) is 0. The first-order chi connectivity index (χ1) is 14.0. The molecule has 0 aromatic heterocycles. The Morgan fingerprint density at radius 2 is 1.60 bits per heavy atom. The average Bonchev–Trinajstić information content (AvgIpc) is 2.70. The molecule has 2 N–H and O–H groups in total. The number of methoxy groups -OCH3 is 1. The van der Waals surface area contributed by atoms with E-state index in [4.69, 9.17) is 13.9 Å². The van der Waals surface area contributed by atoms with Crippen molar-refractivity contribution < 1.29 is 24.1 Å². The Morgan fingerprint density at radius 1 is 1.00 bits per heavy atom. The molecule has 0 aliphatic carbocycles. The van der Waals surface area contributed by atoms with E-state index in [2.05, 4.69) is 33.9 Å². The normalized spacial score (nSPS) is 15.5. The van der Waals surface area contributed by atoms with Crippen LogP contribution in [0.25, 0.3) is 0 Å². The van der Waals surface area contributed by atoms with E-state index in [9.17, 15) is 10.2 Å². The second-order valence-corrected chi connectivity index (χ2v) is 13.9. The molecule has 6 heteroatoms. The summed E-state index contributed by atoms with van der Waals surface area (Å²) in [5, 5.41) is 21.6. The molecule has 2 aromatic rings. The van der Waals surface area contributed by atoms with Gasteiger partial charge in [-0.3, -0.25) is 0 Å². The van der Waals surface area contributed by atoms with E-state index in [0.29, 0.717) is 16.9 Å². The number of rotatable bonds is 9. The number of hydrogen-bond donors (Lipinski definition) is 2. The van der Waals surface area contributed by atoms with E-state index in [-0.39, 0.29) is 18.4 Å². The van der Waals surface area contributed by atoms with E-state index >= 15 is 0 Å². The highest BCUT2D eigenvalue weighted by atomic mass is 28.4. The molecule has 166 valence electrons. The maximum absolute atomic E-state index is 12.2. The highest BCUT2D eigenvalue weighted by molar-refractivity contribution is 6.74. The van der Waals surface area contributed by atoms with Gasteiger partial charge in [-0.25, -0.2) is 0 Å². The molecule has 2 atom stereocenters. The van der Waals surface area contributed by atoms with Crippen LogP contribution in [0, 0.1) is 0 Å². The largest absolute Gasteiger partial charge is 0.467 e. The first-order valence-corrected chi connectivity index (χ1v) is 13.2. The zero-order valence-corrected chi connectivity index (χ0v) is 20.2. The SMILES string of the molecule is COCOc1ccccc1C(O)(c1ccc(CO)cc1)[C@H](C)O[Si](C)(C)C(C)(C)C. The predicted octanol–water partition coefficient (Wildman–Crippen LogP) is 4.81. The van der Waals surface area contributed by atoms with E-state index in [1.165, 1.54) is 0 Å². The van der Waals surface area contributed by atoms with Crippen LogP contribution >= 0.6 is 0 Å². The van der Waals surface area contributed by atoms with Crippen LogP contribution < -0.4 is 4.74 Å². The fourth-order valence-corrected chi connectivity index (χ4v) is 4.62. The molecule has 0 fully saturated rings. The van der Waals surface area contributed by atoms with Gasteiger partial charge in [0.15, 0.2) is 15.1 Å². The van der Waals surface area contributed by atoms with Crippen LogP contribution in [0.2, 0.25) is 18.1 Å². The van der Waals surface area contributed by atoms with Crippen molar-refractivity contribution >= 4 is 8.32 Å². The summed E-state index contributed by atoms with van der Waals surface area (Å²) in [7, 11) is -0.608. The minimum atomic E-state index is -2.17. The third-order valence-corrected chi connectivity index (χ3v) is 10.6. The van der Waals surface area contributed by atoms with Crippen molar-refractivity contribution in [3.05, 3.63) is 65.2 Å². The van der Waals surface area contributed by atoms with Gasteiger partial charge in [0.05, 0.1) is 12.7 Å². The number of para-hydroxylation sites is 1. The first kappa shape index (κ1) is 24.6. The van der Waals surface area contributed by atoms with Crippen molar-refractivity contribution in [2.24, 2.45) is 0 Å². The average molecular weight is 433 g/mol. The zero-order chi connectivity index (χ0) is 22.6. The topological polar surface area (TPSA) is 68.2 Å². The Bertz CT molecular complexity index is 813. The Morgan fingerprint density at radius 3 is 2.13 bits per heavy atom. The maximum Gasteiger partial charge on any atom is 0.192 e.